The van der Waals surface area contributed by atoms with Gasteiger partial charge in [0.1, 0.15) is 5.82 Å². The van der Waals surface area contributed by atoms with Crippen molar-refractivity contribution in [3.8, 4) is 0 Å². The van der Waals surface area contributed by atoms with E-state index in [0.29, 0.717) is 12.0 Å². The first-order valence-corrected chi connectivity index (χ1v) is 7.10. The lowest BCUT2D eigenvalue weighted by molar-refractivity contribution is 0.364. The van der Waals surface area contributed by atoms with Crippen molar-refractivity contribution < 1.29 is 0 Å². The Labute approximate surface area is 114 Å². The van der Waals surface area contributed by atoms with E-state index < -0.39 is 0 Å². The molecule has 0 saturated carbocycles. The molecule has 0 radical (unpaired) electrons. The fraction of sp³-hybridized carbons (Fsp3) is 0.533. The third kappa shape index (κ3) is 2.26. The van der Waals surface area contributed by atoms with Crippen LogP contribution < -0.4 is 0 Å². The number of halogens is 1. The number of hydrogen-bond donors (Lipinski definition) is 0. The van der Waals surface area contributed by atoms with Crippen LogP contribution in [0, 0.1) is 5.92 Å². The Balaban J connectivity index is 2.68. The lowest BCUT2D eigenvalue weighted by Crippen LogP contribution is -2.17. The molecule has 1 aromatic carbocycles. The molecule has 0 aliphatic carbocycles. The first-order chi connectivity index (χ1) is 8.56. The fourth-order valence-electron chi connectivity index (χ4n) is 2.64. The van der Waals surface area contributed by atoms with Gasteiger partial charge < -0.3 is 4.57 Å². The van der Waals surface area contributed by atoms with Crippen LogP contribution in [-0.4, -0.2) is 9.55 Å². The van der Waals surface area contributed by atoms with E-state index in [-0.39, 0.29) is 5.38 Å². The summed E-state index contributed by atoms with van der Waals surface area (Å²) in [7, 11) is 0. The second-order valence-electron chi connectivity index (χ2n) is 5.16. The molecule has 18 heavy (non-hydrogen) atoms. The predicted molar refractivity (Wildman–Crippen MR) is 78.2 cm³/mol. The molecule has 1 heterocycles. The van der Waals surface area contributed by atoms with E-state index in [9.17, 15) is 0 Å². The van der Waals surface area contributed by atoms with Crippen molar-refractivity contribution in [2.24, 2.45) is 5.92 Å². The Bertz CT molecular complexity index is 528. The molecule has 3 heteroatoms. The smallest absolute Gasteiger partial charge is 0.127 e. The van der Waals surface area contributed by atoms with Crippen molar-refractivity contribution in [1.29, 1.82) is 0 Å². The summed E-state index contributed by atoms with van der Waals surface area (Å²) < 4.78 is 2.33. The minimum atomic E-state index is -0.0646. The number of hydrogen-bond acceptors (Lipinski definition) is 1. The largest absolute Gasteiger partial charge is 0.323 e. The van der Waals surface area contributed by atoms with Gasteiger partial charge in [-0.3, -0.25) is 0 Å². The number of benzene rings is 1. The van der Waals surface area contributed by atoms with Crippen LogP contribution in [0.4, 0.5) is 0 Å². The van der Waals surface area contributed by atoms with E-state index in [1.54, 1.807) is 0 Å². The third-order valence-electron chi connectivity index (χ3n) is 3.50. The Hall–Kier alpha value is -1.02. The van der Waals surface area contributed by atoms with E-state index in [0.717, 1.165) is 17.8 Å². The topological polar surface area (TPSA) is 17.8 Å². The lowest BCUT2D eigenvalue weighted by atomic mass is 10.0. The zero-order chi connectivity index (χ0) is 13.3. The highest BCUT2D eigenvalue weighted by Crippen LogP contribution is 2.32. The van der Waals surface area contributed by atoms with Crippen molar-refractivity contribution in [2.45, 2.75) is 45.5 Å². The normalized spacial score (nSPS) is 15.2. The molecule has 0 saturated heterocycles. The van der Waals surface area contributed by atoms with Crippen molar-refractivity contribution in [1.82, 2.24) is 9.55 Å². The molecule has 2 rings (SSSR count). The number of fused-ring (bicyclic) bond motifs is 1. The highest BCUT2D eigenvalue weighted by Gasteiger charge is 2.22. The molecule has 0 aliphatic heterocycles. The maximum Gasteiger partial charge on any atom is 0.127 e. The van der Waals surface area contributed by atoms with Gasteiger partial charge in [0, 0.05) is 6.04 Å². The number of alkyl halides is 1. The van der Waals surface area contributed by atoms with E-state index in [1.807, 2.05) is 13.0 Å². The van der Waals surface area contributed by atoms with Crippen LogP contribution in [0.1, 0.15) is 51.4 Å². The number of rotatable bonds is 4. The number of nitrogens with zero attached hydrogens (tertiary/aromatic N) is 2. The quantitative estimate of drug-likeness (QED) is 0.715. The summed E-state index contributed by atoms with van der Waals surface area (Å²) >= 11 is 6.30. The first kappa shape index (κ1) is 13.4. The zero-order valence-corrected chi connectivity index (χ0v) is 12.3. The van der Waals surface area contributed by atoms with Crippen molar-refractivity contribution in [3.05, 3.63) is 30.1 Å². The van der Waals surface area contributed by atoms with Gasteiger partial charge in [0.25, 0.3) is 0 Å². The summed E-state index contributed by atoms with van der Waals surface area (Å²) in [6.07, 6.45) is 1.09. The van der Waals surface area contributed by atoms with Gasteiger partial charge in [-0.05, 0) is 31.4 Å². The average Bonchev–Trinajstić information content (AvgIpc) is 2.70. The molecule has 0 fully saturated rings. The third-order valence-corrected chi connectivity index (χ3v) is 3.69. The van der Waals surface area contributed by atoms with Gasteiger partial charge in [0.15, 0.2) is 0 Å². The zero-order valence-electron chi connectivity index (χ0n) is 11.5. The lowest BCUT2D eigenvalue weighted by Gasteiger charge is -2.24. The molecule has 2 nitrogen and oxygen atoms in total. The molecule has 0 spiro atoms. The van der Waals surface area contributed by atoms with Crippen LogP contribution in [0.5, 0.6) is 0 Å². The van der Waals surface area contributed by atoms with Crippen molar-refractivity contribution in [2.75, 3.05) is 0 Å². The Kier molecular flexibility index (Phi) is 3.96. The van der Waals surface area contributed by atoms with Crippen LogP contribution in [-0.2, 0) is 0 Å². The molecule has 0 amide bonds. The standard InChI is InChI=1S/C15H21ClN2/c1-5-13(10(2)3)18-14-9-7-6-8-12(14)17-15(18)11(4)16/h6-11,13H,5H2,1-4H3. The molecule has 2 atom stereocenters. The van der Waals surface area contributed by atoms with E-state index in [2.05, 4.69) is 43.5 Å². The van der Waals surface area contributed by atoms with E-state index in [1.165, 1.54) is 5.52 Å². The van der Waals surface area contributed by atoms with Crippen LogP contribution in [0.2, 0.25) is 0 Å². The molecule has 2 aromatic rings. The maximum absolute atomic E-state index is 6.30. The predicted octanol–water partition coefficient (Wildman–Crippen LogP) is 4.94. The molecular formula is C15H21ClN2. The van der Waals surface area contributed by atoms with Gasteiger partial charge in [0.2, 0.25) is 0 Å². The molecule has 2 unspecified atom stereocenters. The van der Waals surface area contributed by atoms with E-state index in [4.69, 9.17) is 16.6 Å². The van der Waals surface area contributed by atoms with Gasteiger partial charge >= 0.3 is 0 Å². The molecular weight excluding hydrogens is 244 g/mol. The van der Waals surface area contributed by atoms with Gasteiger partial charge in [-0.2, -0.15) is 0 Å². The monoisotopic (exact) mass is 264 g/mol. The van der Waals surface area contributed by atoms with E-state index >= 15 is 0 Å². The molecule has 0 N–H and O–H groups in total. The van der Waals surface area contributed by atoms with Crippen molar-refractivity contribution in [3.63, 3.8) is 0 Å². The van der Waals surface area contributed by atoms with Crippen LogP contribution in [0.15, 0.2) is 24.3 Å². The van der Waals surface area contributed by atoms with Gasteiger partial charge in [-0.1, -0.05) is 32.9 Å². The van der Waals surface area contributed by atoms with Gasteiger partial charge in [0.05, 0.1) is 16.4 Å². The SMILES string of the molecule is CCC(C(C)C)n1c(C(C)Cl)nc2ccccc21. The Morgan fingerprint density at radius 1 is 1.22 bits per heavy atom. The van der Waals surface area contributed by atoms with Crippen LogP contribution >= 0.6 is 11.6 Å². The average molecular weight is 265 g/mol. The van der Waals surface area contributed by atoms with Crippen molar-refractivity contribution >= 4 is 22.6 Å². The molecule has 0 bridgehead atoms. The summed E-state index contributed by atoms with van der Waals surface area (Å²) in [4.78, 5) is 4.69. The molecule has 1 aromatic heterocycles. The number of para-hydroxylation sites is 2. The minimum absolute atomic E-state index is 0.0646. The second kappa shape index (κ2) is 5.31. The Morgan fingerprint density at radius 2 is 1.89 bits per heavy atom. The second-order valence-corrected chi connectivity index (χ2v) is 5.82. The van der Waals surface area contributed by atoms with Crippen LogP contribution in [0.25, 0.3) is 11.0 Å². The molecule has 98 valence electrons. The highest BCUT2D eigenvalue weighted by molar-refractivity contribution is 6.20. The van der Waals surface area contributed by atoms with Crippen LogP contribution in [0.3, 0.4) is 0 Å². The maximum atomic E-state index is 6.30. The summed E-state index contributed by atoms with van der Waals surface area (Å²) in [5, 5.41) is -0.0646. The summed E-state index contributed by atoms with van der Waals surface area (Å²) in [6.45, 7) is 8.73. The number of aromatic nitrogens is 2. The highest BCUT2D eigenvalue weighted by atomic mass is 35.5. The number of imidazole rings is 1. The summed E-state index contributed by atoms with van der Waals surface area (Å²) in [5.41, 5.74) is 2.24. The van der Waals surface area contributed by atoms with Gasteiger partial charge in [-0.25, -0.2) is 4.98 Å². The minimum Gasteiger partial charge on any atom is -0.323 e. The van der Waals surface area contributed by atoms with Gasteiger partial charge in [-0.15, -0.1) is 11.6 Å². The summed E-state index contributed by atoms with van der Waals surface area (Å²) in [6, 6.07) is 8.74. The molecule has 0 aliphatic rings. The fourth-order valence-corrected chi connectivity index (χ4v) is 2.80. The first-order valence-electron chi connectivity index (χ1n) is 6.67. The summed E-state index contributed by atoms with van der Waals surface area (Å²) in [5.74, 6) is 1.56. The Morgan fingerprint density at radius 3 is 2.44 bits per heavy atom.